The van der Waals surface area contributed by atoms with Gasteiger partial charge >= 0.3 is 0 Å². The van der Waals surface area contributed by atoms with Crippen molar-refractivity contribution in [1.82, 2.24) is 5.32 Å². The van der Waals surface area contributed by atoms with Crippen LogP contribution in [0.1, 0.15) is 20.3 Å². The third-order valence-corrected chi connectivity index (χ3v) is 2.71. The van der Waals surface area contributed by atoms with E-state index >= 15 is 0 Å². The Hall–Kier alpha value is -1.98. The van der Waals surface area contributed by atoms with Crippen LogP contribution in [0.4, 0.5) is 15.8 Å². The first-order chi connectivity index (χ1) is 9.49. The van der Waals surface area contributed by atoms with Crippen molar-refractivity contribution in [2.24, 2.45) is 0 Å². The minimum absolute atomic E-state index is 0.116. The summed E-state index contributed by atoms with van der Waals surface area (Å²) in [6.07, 6.45) is 0.786. The maximum Gasteiger partial charge on any atom is 0.239 e. The molecule has 20 heavy (non-hydrogen) atoms. The molecule has 112 valence electrons. The van der Waals surface area contributed by atoms with E-state index in [1.165, 1.54) is 12.1 Å². The van der Waals surface area contributed by atoms with Crippen molar-refractivity contribution in [1.29, 1.82) is 0 Å². The average molecular weight is 283 g/mol. The molecule has 0 aliphatic rings. The standard InChI is InChI=1S/C14H22FN3O2/c1-4-6-20-13-8-12(11(16)7-10(13)15)18(3)9-14(19)17-5-2/h7-8H,4-6,9,16H2,1-3H3,(H,17,19). The lowest BCUT2D eigenvalue weighted by atomic mass is 10.2. The monoisotopic (exact) mass is 283 g/mol. The van der Waals surface area contributed by atoms with Crippen molar-refractivity contribution in [3.63, 3.8) is 0 Å². The lowest BCUT2D eigenvalue weighted by molar-refractivity contribution is -0.119. The number of halogens is 1. The Balaban J connectivity index is 2.89. The summed E-state index contributed by atoms with van der Waals surface area (Å²) in [4.78, 5) is 13.2. The van der Waals surface area contributed by atoms with E-state index in [1.54, 1.807) is 11.9 Å². The van der Waals surface area contributed by atoms with E-state index in [0.29, 0.717) is 18.8 Å². The number of rotatable bonds is 7. The number of benzene rings is 1. The van der Waals surface area contributed by atoms with Crippen LogP contribution in [0.5, 0.6) is 5.75 Å². The number of likely N-dealkylation sites (N-methyl/N-ethyl adjacent to an activating group) is 2. The molecule has 0 saturated carbocycles. The number of hydrogen-bond donors (Lipinski definition) is 2. The molecule has 6 heteroatoms. The van der Waals surface area contributed by atoms with Gasteiger partial charge in [-0.2, -0.15) is 0 Å². The van der Waals surface area contributed by atoms with Crippen LogP contribution in [0, 0.1) is 5.82 Å². The quantitative estimate of drug-likeness (QED) is 0.748. The Morgan fingerprint density at radius 1 is 1.45 bits per heavy atom. The molecule has 0 aliphatic heterocycles. The molecule has 1 amide bonds. The summed E-state index contributed by atoms with van der Waals surface area (Å²) in [5.41, 5.74) is 6.65. The number of ether oxygens (including phenoxy) is 1. The van der Waals surface area contributed by atoms with Crippen LogP contribution >= 0.6 is 0 Å². The second kappa shape index (κ2) is 7.57. The Bertz CT molecular complexity index is 466. The number of nitrogens with one attached hydrogen (secondary N) is 1. The van der Waals surface area contributed by atoms with Gasteiger partial charge in [-0.15, -0.1) is 0 Å². The highest BCUT2D eigenvalue weighted by Crippen LogP contribution is 2.30. The van der Waals surface area contributed by atoms with Crippen LogP contribution in [-0.4, -0.2) is 32.7 Å². The van der Waals surface area contributed by atoms with E-state index in [-0.39, 0.29) is 23.9 Å². The Kier molecular flexibility index (Phi) is 6.09. The van der Waals surface area contributed by atoms with E-state index < -0.39 is 5.82 Å². The number of nitrogens with zero attached hydrogens (tertiary/aromatic N) is 1. The molecule has 0 aromatic heterocycles. The van der Waals surface area contributed by atoms with Crippen LogP contribution in [0.15, 0.2) is 12.1 Å². The van der Waals surface area contributed by atoms with Gasteiger partial charge in [0.1, 0.15) is 0 Å². The SMILES string of the molecule is CCCOc1cc(N(C)CC(=O)NCC)c(N)cc1F. The maximum atomic E-state index is 13.7. The van der Waals surface area contributed by atoms with Crippen LogP contribution in [-0.2, 0) is 4.79 Å². The zero-order valence-electron chi connectivity index (χ0n) is 12.2. The number of amides is 1. The molecule has 3 N–H and O–H groups in total. The van der Waals surface area contributed by atoms with Crippen molar-refractivity contribution in [2.45, 2.75) is 20.3 Å². The third kappa shape index (κ3) is 4.29. The van der Waals surface area contributed by atoms with Gasteiger partial charge in [-0.25, -0.2) is 4.39 Å². The molecule has 0 spiro atoms. The molecule has 0 fully saturated rings. The summed E-state index contributed by atoms with van der Waals surface area (Å²) in [6, 6.07) is 2.74. The number of nitrogen functional groups attached to an aromatic ring is 1. The second-order valence-electron chi connectivity index (χ2n) is 4.50. The van der Waals surface area contributed by atoms with Crippen molar-refractivity contribution in [3.8, 4) is 5.75 Å². The third-order valence-electron chi connectivity index (χ3n) is 2.71. The molecule has 1 aromatic carbocycles. The number of hydrogen-bond acceptors (Lipinski definition) is 4. The average Bonchev–Trinajstić information content (AvgIpc) is 2.37. The summed E-state index contributed by atoms with van der Waals surface area (Å²) in [5, 5.41) is 2.70. The minimum Gasteiger partial charge on any atom is -0.490 e. The van der Waals surface area contributed by atoms with E-state index in [0.717, 1.165) is 6.42 Å². The molecule has 0 radical (unpaired) electrons. The van der Waals surface area contributed by atoms with Crippen molar-refractivity contribution in [3.05, 3.63) is 17.9 Å². The molecule has 0 aliphatic carbocycles. The molecule has 0 unspecified atom stereocenters. The largest absolute Gasteiger partial charge is 0.490 e. The lowest BCUT2D eigenvalue weighted by Crippen LogP contribution is -2.35. The molecule has 5 nitrogen and oxygen atoms in total. The van der Waals surface area contributed by atoms with Gasteiger partial charge in [0, 0.05) is 25.7 Å². The van der Waals surface area contributed by atoms with Gasteiger partial charge in [0.05, 0.1) is 24.5 Å². The fourth-order valence-corrected chi connectivity index (χ4v) is 1.76. The first kappa shape index (κ1) is 16.1. The summed E-state index contributed by atoms with van der Waals surface area (Å²) >= 11 is 0. The summed E-state index contributed by atoms with van der Waals surface area (Å²) < 4.78 is 19.0. The number of carbonyl (C=O) groups excluding carboxylic acids is 1. The number of carbonyl (C=O) groups is 1. The van der Waals surface area contributed by atoms with Gasteiger partial charge < -0.3 is 20.7 Å². The normalized spacial score (nSPS) is 10.2. The zero-order chi connectivity index (χ0) is 15.1. The fraction of sp³-hybridized carbons (Fsp3) is 0.500. The molecular weight excluding hydrogens is 261 g/mol. The van der Waals surface area contributed by atoms with E-state index in [2.05, 4.69) is 5.32 Å². The van der Waals surface area contributed by atoms with Gasteiger partial charge in [0.15, 0.2) is 11.6 Å². The molecular formula is C14H22FN3O2. The topological polar surface area (TPSA) is 67.6 Å². The highest BCUT2D eigenvalue weighted by atomic mass is 19.1. The van der Waals surface area contributed by atoms with Crippen LogP contribution in [0.25, 0.3) is 0 Å². The van der Waals surface area contributed by atoms with Crippen molar-refractivity contribution in [2.75, 3.05) is 37.4 Å². The Morgan fingerprint density at radius 3 is 2.75 bits per heavy atom. The summed E-state index contributed by atoms with van der Waals surface area (Å²) in [6.45, 7) is 4.94. The van der Waals surface area contributed by atoms with Crippen LogP contribution in [0.3, 0.4) is 0 Å². The summed E-state index contributed by atoms with van der Waals surface area (Å²) in [7, 11) is 1.72. The van der Waals surface area contributed by atoms with E-state index in [4.69, 9.17) is 10.5 Å². The smallest absolute Gasteiger partial charge is 0.239 e. The van der Waals surface area contributed by atoms with E-state index in [1.807, 2.05) is 13.8 Å². The minimum atomic E-state index is -0.494. The molecule has 0 bridgehead atoms. The highest BCUT2D eigenvalue weighted by molar-refractivity contribution is 5.83. The molecule has 1 aromatic rings. The van der Waals surface area contributed by atoms with Crippen molar-refractivity contribution < 1.29 is 13.9 Å². The first-order valence-electron chi connectivity index (χ1n) is 6.69. The Morgan fingerprint density at radius 2 is 2.15 bits per heavy atom. The predicted octanol–water partition coefficient (Wildman–Crippen LogP) is 1.77. The van der Waals surface area contributed by atoms with Crippen LogP contribution in [0.2, 0.25) is 0 Å². The van der Waals surface area contributed by atoms with E-state index in [9.17, 15) is 9.18 Å². The predicted molar refractivity (Wildman–Crippen MR) is 78.6 cm³/mol. The molecule has 0 heterocycles. The molecule has 1 rings (SSSR count). The van der Waals surface area contributed by atoms with Gasteiger partial charge in [-0.05, 0) is 13.3 Å². The van der Waals surface area contributed by atoms with Gasteiger partial charge in [-0.1, -0.05) is 6.92 Å². The maximum absolute atomic E-state index is 13.7. The first-order valence-corrected chi connectivity index (χ1v) is 6.69. The van der Waals surface area contributed by atoms with Crippen LogP contribution < -0.4 is 20.7 Å². The summed E-state index contributed by atoms with van der Waals surface area (Å²) in [5.74, 6) is -0.459. The second-order valence-corrected chi connectivity index (χ2v) is 4.50. The fourth-order valence-electron chi connectivity index (χ4n) is 1.76. The van der Waals surface area contributed by atoms with Crippen molar-refractivity contribution >= 4 is 17.3 Å². The van der Waals surface area contributed by atoms with Gasteiger partial charge in [0.2, 0.25) is 5.91 Å². The zero-order valence-corrected chi connectivity index (χ0v) is 12.2. The lowest BCUT2D eigenvalue weighted by Gasteiger charge is -2.21. The number of anilines is 2. The van der Waals surface area contributed by atoms with Gasteiger partial charge in [-0.3, -0.25) is 4.79 Å². The molecule has 0 atom stereocenters. The molecule has 0 saturated heterocycles. The Labute approximate surface area is 118 Å². The van der Waals surface area contributed by atoms with Gasteiger partial charge in [0.25, 0.3) is 0 Å². The highest BCUT2D eigenvalue weighted by Gasteiger charge is 2.14. The number of nitrogens with two attached hydrogens (primary N) is 1.